The zero-order valence-corrected chi connectivity index (χ0v) is 16.3. The van der Waals surface area contributed by atoms with Crippen LogP contribution in [-0.4, -0.2) is 60.4 Å². The Balaban J connectivity index is 1.33. The number of hydrogen-bond acceptors (Lipinski definition) is 7. The lowest BCUT2D eigenvalue weighted by Gasteiger charge is -2.53. The molecule has 1 atom stereocenters. The van der Waals surface area contributed by atoms with Crippen LogP contribution in [0.5, 0.6) is 0 Å². The molecule has 2 aromatic rings. The van der Waals surface area contributed by atoms with E-state index in [-0.39, 0.29) is 11.7 Å². The summed E-state index contributed by atoms with van der Waals surface area (Å²) >= 11 is 0. The van der Waals surface area contributed by atoms with Crippen LogP contribution in [0.2, 0.25) is 0 Å². The number of nitrogens with zero attached hydrogens (tertiary/aromatic N) is 5. The van der Waals surface area contributed by atoms with Crippen molar-refractivity contribution in [1.29, 1.82) is 0 Å². The first kappa shape index (κ1) is 18.1. The van der Waals surface area contributed by atoms with Crippen molar-refractivity contribution >= 4 is 11.6 Å². The SMILES string of the molecule is Cc1cccc(CO[C@@H]2CCOC3(C2)CN(c2cc(N(C)C)ncn2)C3)n1. The minimum atomic E-state index is -0.119. The Morgan fingerprint density at radius 3 is 2.93 bits per heavy atom. The second-order valence-electron chi connectivity index (χ2n) is 7.71. The molecule has 4 rings (SSSR count). The van der Waals surface area contributed by atoms with E-state index in [0.29, 0.717) is 6.61 Å². The van der Waals surface area contributed by atoms with Crippen molar-refractivity contribution in [3.05, 3.63) is 42.0 Å². The number of rotatable bonds is 5. The average Bonchev–Trinajstić information content (AvgIpc) is 2.65. The molecular weight excluding hydrogens is 342 g/mol. The first-order valence-electron chi connectivity index (χ1n) is 9.45. The minimum Gasteiger partial charge on any atom is -0.372 e. The van der Waals surface area contributed by atoms with Gasteiger partial charge in [0.05, 0.1) is 31.5 Å². The van der Waals surface area contributed by atoms with Crippen LogP contribution in [-0.2, 0) is 16.1 Å². The molecule has 0 amide bonds. The summed E-state index contributed by atoms with van der Waals surface area (Å²) in [5.41, 5.74) is 1.89. The third-order valence-electron chi connectivity index (χ3n) is 5.24. The molecule has 4 heterocycles. The number of aromatic nitrogens is 3. The molecule has 0 N–H and O–H groups in total. The van der Waals surface area contributed by atoms with Crippen molar-refractivity contribution in [2.45, 2.75) is 38.1 Å². The number of ether oxygens (including phenoxy) is 2. The molecule has 2 aromatic heterocycles. The first-order valence-corrected chi connectivity index (χ1v) is 9.45. The van der Waals surface area contributed by atoms with Crippen molar-refractivity contribution in [2.24, 2.45) is 0 Å². The van der Waals surface area contributed by atoms with Gasteiger partial charge in [-0.05, 0) is 25.5 Å². The standard InChI is InChI=1S/C20H27N5O2/c1-15-5-4-6-16(23-15)11-26-17-7-8-27-20(10-17)12-25(13-20)19-9-18(24(2)3)21-14-22-19/h4-6,9,14,17H,7-8,10-13H2,1-3H3/t17-/m1/s1. The predicted octanol–water partition coefficient (Wildman–Crippen LogP) is 2.20. The molecule has 2 aliphatic rings. The highest BCUT2D eigenvalue weighted by Gasteiger charge is 2.48. The van der Waals surface area contributed by atoms with E-state index in [1.165, 1.54) is 0 Å². The fourth-order valence-electron chi connectivity index (χ4n) is 3.79. The molecule has 7 heteroatoms. The Hall–Kier alpha value is -2.25. The number of pyridine rings is 1. The summed E-state index contributed by atoms with van der Waals surface area (Å²) in [7, 11) is 3.97. The molecule has 0 unspecified atom stereocenters. The maximum absolute atomic E-state index is 6.15. The van der Waals surface area contributed by atoms with Gasteiger partial charge in [-0.3, -0.25) is 4.98 Å². The fraction of sp³-hybridized carbons (Fsp3) is 0.550. The monoisotopic (exact) mass is 369 g/mol. The van der Waals surface area contributed by atoms with E-state index in [9.17, 15) is 0 Å². The van der Waals surface area contributed by atoms with Crippen LogP contribution in [0, 0.1) is 6.92 Å². The predicted molar refractivity (Wildman–Crippen MR) is 104 cm³/mol. The van der Waals surface area contributed by atoms with Gasteiger partial charge in [-0.2, -0.15) is 0 Å². The van der Waals surface area contributed by atoms with Gasteiger partial charge in [-0.1, -0.05) is 6.07 Å². The highest BCUT2D eigenvalue weighted by molar-refractivity contribution is 5.52. The topological polar surface area (TPSA) is 63.6 Å². The Morgan fingerprint density at radius 1 is 1.30 bits per heavy atom. The lowest BCUT2D eigenvalue weighted by atomic mass is 9.84. The van der Waals surface area contributed by atoms with E-state index in [1.807, 2.05) is 50.2 Å². The van der Waals surface area contributed by atoms with Crippen LogP contribution in [0.1, 0.15) is 24.2 Å². The molecule has 1 spiro atoms. The molecule has 7 nitrogen and oxygen atoms in total. The van der Waals surface area contributed by atoms with E-state index in [4.69, 9.17) is 9.47 Å². The second-order valence-corrected chi connectivity index (χ2v) is 7.71. The van der Waals surface area contributed by atoms with Crippen molar-refractivity contribution < 1.29 is 9.47 Å². The molecule has 2 saturated heterocycles. The van der Waals surface area contributed by atoms with Crippen molar-refractivity contribution in [3.8, 4) is 0 Å². The molecule has 2 aliphatic heterocycles. The van der Waals surface area contributed by atoms with Gasteiger partial charge in [-0.25, -0.2) is 9.97 Å². The van der Waals surface area contributed by atoms with Crippen molar-refractivity contribution in [3.63, 3.8) is 0 Å². The Labute approximate surface area is 160 Å². The van der Waals surface area contributed by atoms with Gasteiger partial charge in [-0.15, -0.1) is 0 Å². The summed E-state index contributed by atoms with van der Waals surface area (Å²) in [4.78, 5) is 17.5. The van der Waals surface area contributed by atoms with Crippen molar-refractivity contribution in [2.75, 3.05) is 43.6 Å². The minimum absolute atomic E-state index is 0.119. The zero-order valence-electron chi connectivity index (χ0n) is 16.3. The van der Waals surface area contributed by atoms with Gasteiger partial charge in [0.25, 0.3) is 0 Å². The van der Waals surface area contributed by atoms with Crippen LogP contribution >= 0.6 is 0 Å². The summed E-state index contributed by atoms with van der Waals surface area (Å²) in [6, 6.07) is 8.07. The smallest absolute Gasteiger partial charge is 0.134 e. The molecule has 2 fully saturated rings. The second kappa shape index (κ2) is 7.40. The third-order valence-corrected chi connectivity index (χ3v) is 5.24. The van der Waals surface area contributed by atoms with Gasteiger partial charge in [0.15, 0.2) is 0 Å². The quantitative estimate of drug-likeness (QED) is 0.800. The average molecular weight is 369 g/mol. The number of anilines is 2. The van der Waals surface area contributed by atoms with Gasteiger partial charge in [0.2, 0.25) is 0 Å². The summed E-state index contributed by atoms with van der Waals surface area (Å²) in [6.45, 7) is 5.00. The van der Waals surface area contributed by atoms with Gasteiger partial charge in [0.1, 0.15) is 23.6 Å². The van der Waals surface area contributed by atoms with Crippen LogP contribution < -0.4 is 9.80 Å². The highest BCUT2D eigenvalue weighted by Crippen LogP contribution is 2.37. The lowest BCUT2D eigenvalue weighted by Crippen LogP contribution is -2.66. The largest absolute Gasteiger partial charge is 0.372 e. The first-order chi connectivity index (χ1) is 13.0. The Bertz CT molecular complexity index is 791. The maximum atomic E-state index is 6.15. The summed E-state index contributed by atoms with van der Waals surface area (Å²) < 4.78 is 12.3. The molecular formula is C20H27N5O2. The molecule has 0 bridgehead atoms. The van der Waals surface area contributed by atoms with E-state index in [2.05, 4.69) is 19.9 Å². The summed E-state index contributed by atoms with van der Waals surface area (Å²) in [5, 5.41) is 0. The van der Waals surface area contributed by atoms with Gasteiger partial charge >= 0.3 is 0 Å². The molecule has 0 aromatic carbocycles. The summed E-state index contributed by atoms with van der Waals surface area (Å²) in [6.07, 6.45) is 3.69. The zero-order chi connectivity index (χ0) is 18.9. The van der Waals surface area contributed by atoms with Gasteiger partial charge in [0, 0.05) is 38.9 Å². The van der Waals surface area contributed by atoms with Crippen LogP contribution in [0.15, 0.2) is 30.6 Å². The third kappa shape index (κ3) is 4.04. The molecule has 27 heavy (non-hydrogen) atoms. The van der Waals surface area contributed by atoms with Crippen molar-refractivity contribution in [1.82, 2.24) is 15.0 Å². The lowest BCUT2D eigenvalue weighted by molar-refractivity contribution is -0.148. The molecule has 0 aliphatic carbocycles. The number of hydrogen-bond donors (Lipinski definition) is 0. The van der Waals surface area contributed by atoms with E-state index >= 15 is 0 Å². The van der Waals surface area contributed by atoms with Crippen LogP contribution in [0.25, 0.3) is 0 Å². The van der Waals surface area contributed by atoms with Gasteiger partial charge < -0.3 is 19.3 Å². The van der Waals surface area contributed by atoms with E-state index in [0.717, 1.165) is 55.6 Å². The Morgan fingerprint density at radius 2 is 2.15 bits per heavy atom. The number of aryl methyl sites for hydroxylation is 1. The maximum Gasteiger partial charge on any atom is 0.134 e. The van der Waals surface area contributed by atoms with E-state index < -0.39 is 0 Å². The summed E-state index contributed by atoms with van der Waals surface area (Å²) in [5.74, 6) is 1.87. The Kier molecular flexibility index (Phi) is 4.97. The van der Waals surface area contributed by atoms with E-state index in [1.54, 1.807) is 6.33 Å². The molecule has 0 saturated carbocycles. The normalized spacial score (nSPS) is 21.1. The molecule has 0 radical (unpaired) electrons. The highest BCUT2D eigenvalue weighted by atomic mass is 16.5. The van der Waals surface area contributed by atoms with Crippen LogP contribution in [0.4, 0.5) is 11.6 Å². The molecule has 144 valence electrons. The van der Waals surface area contributed by atoms with Crippen LogP contribution in [0.3, 0.4) is 0 Å². The fourth-order valence-corrected chi connectivity index (χ4v) is 3.79.